The predicted octanol–water partition coefficient (Wildman–Crippen LogP) is 4.76. The molecule has 0 N–H and O–H groups in total. The molecule has 0 unspecified atom stereocenters. The van der Waals surface area contributed by atoms with Crippen LogP contribution in [0.4, 0.5) is 5.82 Å². The number of fused-ring (bicyclic) bond motifs is 4. The highest BCUT2D eigenvalue weighted by Gasteiger charge is 2.32. The number of hydrogen-bond acceptors (Lipinski definition) is 5. The number of nitrogens with zero attached hydrogens (tertiary/aromatic N) is 4. The third-order valence-corrected chi connectivity index (χ3v) is 8.77. The van der Waals surface area contributed by atoms with Crippen molar-refractivity contribution in [2.24, 2.45) is 5.92 Å². The molecule has 6 heteroatoms. The molecular formula is C26H30N4OS. The summed E-state index contributed by atoms with van der Waals surface area (Å²) in [5.41, 5.74) is 4.21. The average Bonchev–Trinajstić information content (AvgIpc) is 3.04. The van der Waals surface area contributed by atoms with Crippen molar-refractivity contribution >= 4 is 33.3 Å². The summed E-state index contributed by atoms with van der Waals surface area (Å²) in [4.78, 5) is 29.8. The topological polar surface area (TPSA) is 49.3 Å². The Kier molecular flexibility index (Phi) is 5.34. The highest BCUT2D eigenvalue weighted by atomic mass is 32.1. The van der Waals surface area contributed by atoms with E-state index in [0.29, 0.717) is 5.91 Å². The number of rotatable bonds is 2. The predicted molar refractivity (Wildman–Crippen MR) is 129 cm³/mol. The molecule has 1 aliphatic carbocycles. The van der Waals surface area contributed by atoms with Crippen molar-refractivity contribution in [1.29, 1.82) is 0 Å². The van der Waals surface area contributed by atoms with Gasteiger partial charge in [-0.1, -0.05) is 30.7 Å². The van der Waals surface area contributed by atoms with E-state index in [-0.39, 0.29) is 5.92 Å². The van der Waals surface area contributed by atoms with E-state index in [9.17, 15) is 4.79 Å². The Morgan fingerprint density at radius 3 is 2.62 bits per heavy atom. The van der Waals surface area contributed by atoms with Gasteiger partial charge >= 0.3 is 0 Å². The van der Waals surface area contributed by atoms with Crippen molar-refractivity contribution in [2.75, 3.05) is 24.5 Å². The van der Waals surface area contributed by atoms with Crippen LogP contribution in [0.2, 0.25) is 0 Å². The Bertz CT molecular complexity index is 1150. The minimum Gasteiger partial charge on any atom is -0.356 e. The minimum atomic E-state index is 0.133. The first-order valence-electron chi connectivity index (χ1n) is 12.1. The van der Waals surface area contributed by atoms with E-state index in [0.717, 1.165) is 62.5 Å². The Morgan fingerprint density at radius 1 is 0.938 bits per heavy atom. The van der Waals surface area contributed by atoms with E-state index in [1.807, 2.05) is 11.3 Å². The van der Waals surface area contributed by atoms with Crippen LogP contribution in [0.25, 0.3) is 10.2 Å². The molecule has 0 radical (unpaired) electrons. The second-order valence-electron chi connectivity index (χ2n) is 9.48. The highest BCUT2D eigenvalue weighted by molar-refractivity contribution is 7.18. The van der Waals surface area contributed by atoms with Crippen LogP contribution in [0.5, 0.6) is 0 Å². The Hall–Kier alpha value is -2.47. The monoisotopic (exact) mass is 446 g/mol. The third-order valence-electron chi connectivity index (χ3n) is 7.57. The van der Waals surface area contributed by atoms with Crippen LogP contribution in [0, 0.1) is 5.92 Å². The molecule has 3 aromatic rings. The maximum Gasteiger partial charge on any atom is 0.226 e. The zero-order chi connectivity index (χ0) is 21.5. The van der Waals surface area contributed by atoms with Crippen LogP contribution in [0.15, 0.2) is 30.6 Å². The number of aromatic nitrogens is 2. The number of anilines is 1. The standard InChI is InChI=1S/C26H30N4OS/c31-26(30-15-10-18-6-4-5-7-20(18)16-30)19-11-13-29(14-12-19)24-23-21-8-2-1-3-9-22(21)32-25(23)28-17-27-24/h4-7,17,19H,1-3,8-16H2. The van der Waals surface area contributed by atoms with E-state index in [2.05, 4.69) is 39.0 Å². The number of hydrogen-bond donors (Lipinski definition) is 0. The average molecular weight is 447 g/mol. The smallest absolute Gasteiger partial charge is 0.226 e. The van der Waals surface area contributed by atoms with Crippen LogP contribution in [-0.2, 0) is 30.6 Å². The van der Waals surface area contributed by atoms with Gasteiger partial charge in [-0.2, -0.15) is 0 Å². The fourth-order valence-electron chi connectivity index (χ4n) is 5.77. The number of benzene rings is 1. The first-order chi connectivity index (χ1) is 15.8. The summed E-state index contributed by atoms with van der Waals surface area (Å²) in [5, 5.41) is 1.30. The van der Waals surface area contributed by atoms with Gasteiger partial charge in [-0.05, 0) is 61.6 Å². The molecular weight excluding hydrogens is 416 g/mol. The van der Waals surface area contributed by atoms with Crippen molar-refractivity contribution in [3.8, 4) is 0 Å². The van der Waals surface area contributed by atoms with Gasteiger partial charge in [0.2, 0.25) is 5.91 Å². The van der Waals surface area contributed by atoms with Crippen molar-refractivity contribution < 1.29 is 4.79 Å². The molecule has 2 aliphatic heterocycles. The van der Waals surface area contributed by atoms with E-state index in [1.165, 1.54) is 52.6 Å². The summed E-state index contributed by atoms with van der Waals surface area (Å²) in [6, 6.07) is 8.55. The molecule has 0 saturated carbocycles. The Morgan fingerprint density at radius 2 is 1.75 bits per heavy atom. The number of amides is 1. The second-order valence-corrected chi connectivity index (χ2v) is 10.6. The van der Waals surface area contributed by atoms with Crippen LogP contribution in [0.1, 0.15) is 53.7 Å². The molecule has 166 valence electrons. The number of carbonyl (C=O) groups is 1. The number of piperidine rings is 1. The van der Waals surface area contributed by atoms with Crippen molar-refractivity contribution in [3.63, 3.8) is 0 Å². The minimum absolute atomic E-state index is 0.133. The number of thiophene rings is 1. The van der Waals surface area contributed by atoms with E-state index in [4.69, 9.17) is 4.98 Å². The zero-order valence-electron chi connectivity index (χ0n) is 18.6. The SMILES string of the molecule is O=C(C1CCN(c2ncnc3sc4c(c23)CCCCC4)CC1)N1CCc2ccccc2C1. The molecule has 6 rings (SSSR count). The molecule has 1 saturated heterocycles. The summed E-state index contributed by atoms with van der Waals surface area (Å²) >= 11 is 1.87. The maximum absolute atomic E-state index is 13.3. The summed E-state index contributed by atoms with van der Waals surface area (Å²) < 4.78 is 0. The molecule has 5 nitrogen and oxygen atoms in total. The molecule has 3 aliphatic rings. The molecule has 1 aromatic carbocycles. The zero-order valence-corrected chi connectivity index (χ0v) is 19.4. The summed E-state index contributed by atoms with van der Waals surface area (Å²) in [7, 11) is 0. The first kappa shape index (κ1) is 20.2. The molecule has 0 bridgehead atoms. The lowest BCUT2D eigenvalue weighted by Crippen LogP contribution is -2.44. The van der Waals surface area contributed by atoms with Gasteiger partial charge < -0.3 is 9.80 Å². The fraction of sp³-hybridized carbons (Fsp3) is 0.500. The Balaban J connectivity index is 1.18. The highest BCUT2D eigenvalue weighted by Crippen LogP contribution is 2.39. The van der Waals surface area contributed by atoms with E-state index in [1.54, 1.807) is 6.33 Å². The van der Waals surface area contributed by atoms with Crippen LogP contribution < -0.4 is 4.90 Å². The fourth-order valence-corrected chi connectivity index (χ4v) is 6.99. The van der Waals surface area contributed by atoms with E-state index >= 15 is 0 Å². The lowest BCUT2D eigenvalue weighted by molar-refractivity contribution is -0.137. The van der Waals surface area contributed by atoms with Gasteiger partial charge in [-0.25, -0.2) is 9.97 Å². The lowest BCUT2D eigenvalue weighted by atomic mass is 9.93. The van der Waals surface area contributed by atoms with Crippen LogP contribution in [0.3, 0.4) is 0 Å². The Labute approximate surface area is 193 Å². The van der Waals surface area contributed by atoms with Gasteiger partial charge in [0, 0.05) is 37.0 Å². The molecule has 2 aromatic heterocycles. The number of aryl methyl sites for hydroxylation is 2. The van der Waals surface area contributed by atoms with Crippen LogP contribution in [-0.4, -0.2) is 40.4 Å². The van der Waals surface area contributed by atoms with Gasteiger partial charge in [0.1, 0.15) is 17.0 Å². The summed E-state index contributed by atoms with van der Waals surface area (Å²) in [6.45, 7) is 3.42. The van der Waals surface area contributed by atoms with Crippen molar-refractivity contribution in [1.82, 2.24) is 14.9 Å². The summed E-state index contributed by atoms with van der Waals surface area (Å²) in [6.07, 6.45) is 10.7. The van der Waals surface area contributed by atoms with Crippen molar-refractivity contribution in [2.45, 2.75) is 57.9 Å². The summed E-state index contributed by atoms with van der Waals surface area (Å²) in [5.74, 6) is 1.58. The number of carbonyl (C=O) groups excluding carboxylic acids is 1. The lowest BCUT2D eigenvalue weighted by Gasteiger charge is -2.36. The van der Waals surface area contributed by atoms with Crippen molar-refractivity contribution in [3.05, 3.63) is 52.2 Å². The maximum atomic E-state index is 13.3. The second kappa shape index (κ2) is 8.47. The molecule has 0 atom stereocenters. The van der Waals surface area contributed by atoms with Gasteiger partial charge in [-0.15, -0.1) is 11.3 Å². The molecule has 1 fully saturated rings. The quantitative estimate of drug-likeness (QED) is 0.533. The van der Waals surface area contributed by atoms with Gasteiger partial charge in [-0.3, -0.25) is 4.79 Å². The largest absolute Gasteiger partial charge is 0.356 e. The third kappa shape index (κ3) is 3.58. The van der Waals surface area contributed by atoms with E-state index < -0.39 is 0 Å². The van der Waals surface area contributed by atoms with Gasteiger partial charge in [0.25, 0.3) is 0 Å². The van der Waals surface area contributed by atoms with Gasteiger partial charge in [0.05, 0.1) is 5.39 Å². The molecule has 4 heterocycles. The molecule has 0 spiro atoms. The van der Waals surface area contributed by atoms with Crippen LogP contribution >= 0.6 is 11.3 Å². The normalized spacial score (nSPS) is 19.5. The van der Waals surface area contributed by atoms with Gasteiger partial charge in [0.15, 0.2) is 0 Å². The first-order valence-corrected chi connectivity index (χ1v) is 13.0. The molecule has 1 amide bonds. The molecule has 32 heavy (non-hydrogen) atoms.